The van der Waals surface area contributed by atoms with E-state index in [4.69, 9.17) is 9.47 Å². The molecule has 2 aromatic carbocycles. The number of nitrogens with zero attached hydrogens (tertiary/aromatic N) is 1. The van der Waals surface area contributed by atoms with Gasteiger partial charge in [-0.25, -0.2) is 0 Å². The van der Waals surface area contributed by atoms with Gasteiger partial charge in [-0.3, -0.25) is 14.5 Å². The van der Waals surface area contributed by atoms with E-state index in [9.17, 15) is 9.59 Å². The Morgan fingerprint density at radius 1 is 1.14 bits per heavy atom. The number of fused-ring (bicyclic) bond motifs is 1. The van der Waals surface area contributed by atoms with Gasteiger partial charge in [-0.15, -0.1) is 11.8 Å². The fourth-order valence-corrected chi connectivity index (χ4v) is 4.60. The highest BCUT2D eigenvalue weighted by molar-refractivity contribution is 8.00. The average Bonchev–Trinajstić information content (AvgIpc) is 3.14. The number of ether oxygens (including phenoxy) is 2. The maximum absolute atomic E-state index is 12.6. The van der Waals surface area contributed by atoms with Gasteiger partial charge in [-0.1, -0.05) is 25.5 Å². The summed E-state index contributed by atoms with van der Waals surface area (Å²) < 4.78 is 11.3. The van der Waals surface area contributed by atoms with E-state index in [2.05, 4.69) is 12.2 Å². The second kappa shape index (κ2) is 8.78. The van der Waals surface area contributed by atoms with Gasteiger partial charge in [-0.2, -0.15) is 0 Å². The molecule has 0 spiro atoms. The second-order valence-electron chi connectivity index (χ2n) is 7.03. The van der Waals surface area contributed by atoms with Gasteiger partial charge in [0, 0.05) is 23.9 Å². The molecule has 1 atom stereocenters. The van der Waals surface area contributed by atoms with Crippen molar-refractivity contribution in [1.82, 2.24) is 0 Å². The Balaban J connectivity index is 1.51. The van der Waals surface area contributed by atoms with E-state index in [0.717, 1.165) is 29.8 Å². The van der Waals surface area contributed by atoms with Crippen LogP contribution in [0.4, 0.5) is 11.4 Å². The average molecular weight is 413 g/mol. The molecule has 152 valence electrons. The van der Waals surface area contributed by atoms with Crippen molar-refractivity contribution < 1.29 is 19.1 Å². The van der Waals surface area contributed by atoms with Gasteiger partial charge in [0.1, 0.15) is 18.6 Å². The van der Waals surface area contributed by atoms with Crippen LogP contribution in [-0.2, 0) is 9.59 Å². The predicted molar refractivity (Wildman–Crippen MR) is 115 cm³/mol. The topological polar surface area (TPSA) is 67.9 Å². The van der Waals surface area contributed by atoms with Crippen LogP contribution >= 0.6 is 11.8 Å². The molecule has 29 heavy (non-hydrogen) atoms. The molecule has 0 bridgehead atoms. The van der Waals surface area contributed by atoms with E-state index in [1.165, 1.54) is 0 Å². The minimum Gasteiger partial charge on any atom is -0.486 e. The lowest BCUT2D eigenvalue weighted by Gasteiger charge is -2.26. The summed E-state index contributed by atoms with van der Waals surface area (Å²) in [5, 5.41) is 2.81. The number of anilines is 2. The Morgan fingerprint density at radius 3 is 2.66 bits per heavy atom. The van der Waals surface area contributed by atoms with Crippen molar-refractivity contribution in [3.8, 4) is 11.5 Å². The highest BCUT2D eigenvalue weighted by atomic mass is 32.2. The molecule has 0 saturated carbocycles. The van der Waals surface area contributed by atoms with Gasteiger partial charge < -0.3 is 14.8 Å². The van der Waals surface area contributed by atoms with E-state index in [-0.39, 0.29) is 17.2 Å². The monoisotopic (exact) mass is 412 g/mol. The molecule has 2 aliphatic rings. The van der Waals surface area contributed by atoms with E-state index in [1.807, 2.05) is 42.5 Å². The van der Waals surface area contributed by atoms with Crippen LogP contribution in [0.5, 0.6) is 11.5 Å². The molecule has 2 heterocycles. The number of hydrogen-bond acceptors (Lipinski definition) is 5. The lowest BCUT2D eigenvalue weighted by molar-refractivity contribution is -0.116. The molecule has 0 unspecified atom stereocenters. The summed E-state index contributed by atoms with van der Waals surface area (Å²) >= 11 is 1.59. The standard InChI is InChI=1S/C22H24N2O4S/c1-2-3-4-20(25)23-16-7-5-15(6-8-16)22-24(21(26)14-29-22)17-9-10-18-19(13-17)28-12-11-27-18/h5-10,13,22H,2-4,11-12,14H2,1H3,(H,23,25)/t22-/m1/s1. The maximum Gasteiger partial charge on any atom is 0.238 e. The highest BCUT2D eigenvalue weighted by Gasteiger charge is 2.34. The third kappa shape index (κ3) is 4.34. The van der Waals surface area contributed by atoms with Crippen molar-refractivity contribution in [1.29, 1.82) is 0 Å². The molecule has 0 radical (unpaired) electrons. The van der Waals surface area contributed by atoms with Crippen LogP contribution in [-0.4, -0.2) is 30.8 Å². The Hall–Kier alpha value is -2.67. The Morgan fingerprint density at radius 2 is 1.90 bits per heavy atom. The number of carbonyl (C=O) groups excluding carboxylic acids is 2. The number of rotatable bonds is 6. The molecular formula is C22H24N2O4S. The molecule has 2 amide bonds. The highest BCUT2D eigenvalue weighted by Crippen LogP contribution is 2.44. The number of amides is 2. The first-order chi connectivity index (χ1) is 14.2. The first-order valence-electron chi connectivity index (χ1n) is 9.89. The number of nitrogens with one attached hydrogen (secondary N) is 1. The van der Waals surface area contributed by atoms with Gasteiger partial charge in [-0.05, 0) is 36.2 Å². The van der Waals surface area contributed by atoms with E-state index in [1.54, 1.807) is 16.7 Å². The van der Waals surface area contributed by atoms with Crippen molar-refractivity contribution in [3.63, 3.8) is 0 Å². The normalized spacial score (nSPS) is 18.0. The largest absolute Gasteiger partial charge is 0.486 e. The lowest BCUT2D eigenvalue weighted by Crippen LogP contribution is -2.28. The molecule has 6 nitrogen and oxygen atoms in total. The van der Waals surface area contributed by atoms with E-state index >= 15 is 0 Å². The van der Waals surface area contributed by atoms with Gasteiger partial charge in [0.05, 0.1) is 5.75 Å². The minimum atomic E-state index is -0.116. The van der Waals surface area contributed by atoms with Crippen LogP contribution in [0.25, 0.3) is 0 Å². The van der Waals surface area contributed by atoms with Crippen LogP contribution in [0.3, 0.4) is 0 Å². The predicted octanol–water partition coefficient (Wildman–Crippen LogP) is 4.37. The number of benzene rings is 2. The van der Waals surface area contributed by atoms with Crippen molar-refractivity contribution in [3.05, 3.63) is 48.0 Å². The van der Waals surface area contributed by atoms with Gasteiger partial charge in [0.25, 0.3) is 0 Å². The summed E-state index contributed by atoms with van der Waals surface area (Å²) in [5.41, 5.74) is 2.59. The fourth-order valence-electron chi connectivity index (χ4n) is 3.42. The number of hydrogen-bond donors (Lipinski definition) is 1. The zero-order chi connectivity index (χ0) is 20.2. The molecule has 0 aliphatic carbocycles. The Bertz CT molecular complexity index is 900. The SMILES string of the molecule is CCCCC(=O)Nc1ccc([C@H]2SCC(=O)N2c2ccc3c(c2)OCCO3)cc1. The quantitative estimate of drug-likeness (QED) is 0.763. The molecule has 1 fully saturated rings. The van der Waals surface area contributed by atoms with Crippen LogP contribution < -0.4 is 19.7 Å². The molecule has 1 N–H and O–H groups in total. The molecule has 0 aromatic heterocycles. The summed E-state index contributed by atoms with van der Waals surface area (Å²) in [6.07, 6.45) is 2.41. The van der Waals surface area contributed by atoms with Gasteiger partial charge >= 0.3 is 0 Å². The molecular weight excluding hydrogens is 388 g/mol. The number of unbranched alkanes of at least 4 members (excludes halogenated alkanes) is 1. The van der Waals surface area contributed by atoms with Crippen molar-refractivity contribution in [2.45, 2.75) is 31.6 Å². The second-order valence-corrected chi connectivity index (χ2v) is 8.10. The van der Waals surface area contributed by atoms with Crippen molar-refractivity contribution >= 4 is 35.0 Å². The zero-order valence-electron chi connectivity index (χ0n) is 16.3. The van der Waals surface area contributed by atoms with Crippen molar-refractivity contribution in [2.75, 3.05) is 29.2 Å². The summed E-state index contributed by atoms with van der Waals surface area (Å²) in [5.74, 6) is 1.90. The molecule has 1 saturated heterocycles. The molecule has 4 rings (SSSR count). The van der Waals surface area contributed by atoms with E-state index < -0.39 is 0 Å². The first kappa shape index (κ1) is 19.6. The van der Waals surface area contributed by atoms with Crippen LogP contribution in [0, 0.1) is 0 Å². The summed E-state index contributed by atoms with van der Waals surface area (Å²) in [6.45, 7) is 3.11. The lowest BCUT2D eigenvalue weighted by atomic mass is 10.1. The minimum absolute atomic E-state index is 0.0305. The van der Waals surface area contributed by atoms with Crippen LogP contribution in [0.1, 0.15) is 37.1 Å². The Kier molecular flexibility index (Phi) is 5.94. The molecule has 2 aromatic rings. The van der Waals surface area contributed by atoms with Gasteiger partial charge in [0.15, 0.2) is 11.5 Å². The molecule has 2 aliphatic heterocycles. The molecule has 7 heteroatoms. The number of carbonyl (C=O) groups is 2. The summed E-state index contributed by atoms with van der Waals surface area (Å²) in [7, 11) is 0. The third-order valence-electron chi connectivity index (χ3n) is 4.91. The van der Waals surface area contributed by atoms with Crippen LogP contribution in [0.2, 0.25) is 0 Å². The third-order valence-corrected chi connectivity index (χ3v) is 6.12. The summed E-state index contributed by atoms with van der Waals surface area (Å²) in [6, 6.07) is 13.3. The maximum atomic E-state index is 12.6. The first-order valence-corrected chi connectivity index (χ1v) is 10.9. The van der Waals surface area contributed by atoms with E-state index in [0.29, 0.717) is 36.9 Å². The van der Waals surface area contributed by atoms with Crippen molar-refractivity contribution in [2.24, 2.45) is 0 Å². The smallest absolute Gasteiger partial charge is 0.238 e. The fraction of sp³-hybridized carbons (Fsp3) is 0.364. The van der Waals surface area contributed by atoms with Gasteiger partial charge in [0.2, 0.25) is 11.8 Å². The zero-order valence-corrected chi connectivity index (χ0v) is 17.2. The summed E-state index contributed by atoms with van der Waals surface area (Å²) in [4.78, 5) is 26.3. The van der Waals surface area contributed by atoms with Crippen LogP contribution in [0.15, 0.2) is 42.5 Å². The number of thioether (sulfide) groups is 1. The Labute approximate surface area is 174 Å².